The van der Waals surface area contributed by atoms with E-state index in [4.69, 9.17) is 0 Å². The van der Waals surface area contributed by atoms with Gasteiger partial charge < -0.3 is 10.6 Å². The lowest BCUT2D eigenvalue weighted by Gasteiger charge is -2.03. The molecule has 32 heavy (non-hydrogen) atoms. The molecule has 2 N–H and O–H groups in total. The van der Waals surface area contributed by atoms with Gasteiger partial charge in [-0.15, -0.1) is 0 Å². The first-order valence-electron chi connectivity index (χ1n) is 13.2. The summed E-state index contributed by atoms with van der Waals surface area (Å²) in [5, 5.41) is 7.04. The minimum Gasteiger partial charge on any atom is -0.317 e. The molecule has 0 aliphatic heterocycles. The lowest BCUT2D eigenvalue weighted by molar-refractivity contribution is 0.558. The minimum absolute atomic E-state index is 0. The van der Waals surface area contributed by atoms with Crippen molar-refractivity contribution in [3.8, 4) is 0 Å². The van der Waals surface area contributed by atoms with Crippen LogP contribution in [0.1, 0.15) is 173 Å². The fraction of sp³-hybridized carbons (Fsp3) is 1.00. The molecule has 0 rings (SSSR count). The lowest BCUT2D eigenvalue weighted by atomic mass is 10.1. The van der Waals surface area contributed by atoms with E-state index in [1.54, 1.807) is 0 Å². The standard InChI is InChI=1S/2C13H29N.4CH4/c2*1-3-5-7-9-11-13-14-12-10-8-6-4-2;;;;/h2*14H,3-13H2,1-2H3;4*1H4. The molecule has 0 aromatic heterocycles. The summed E-state index contributed by atoms with van der Waals surface area (Å²) in [6.07, 6.45) is 25.0. The molecular weight excluding hydrogens is 388 g/mol. The topological polar surface area (TPSA) is 24.1 Å². The Labute approximate surface area is 209 Å². The van der Waals surface area contributed by atoms with Gasteiger partial charge in [0.2, 0.25) is 0 Å². The second-order valence-electron chi connectivity index (χ2n) is 8.45. The van der Waals surface area contributed by atoms with E-state index >= 15 is 0 Å². The predicted octanol–water partition coefficient (Wildman–Crippen LogP) is 10.8. The molecule has 0 spiro atoms. The van der Waals surface area contributed by atoms with Gasteiger partial charge in [0.05, 0.1) is 0 Å². The van der Waals surface area contributed by atoms with E-state index in [0.717, 1.165) is 0 Å². The van der Waals surface area contributed by atoms with Gasteiger partial charge in [-0.25, -0.2) is 0 Å². The van der Waals surface area contributed by atoms with Gasteiger partial charge in [-0.1, -0.05) is 147 Å². The van der Waals surface area contributed by atoms with E-state index in [0.29, 0.717) is 0 Å². The van der Waals surface area contributed by atoms with Gasteiger partial charge in [0.25, 0.3) is 0 Å². The summed E-state index contributed by atoms with van der Waals surface area (Å²) in [6.45, 7) is 14.0. The van der Waals surface area contributed by atoms with Gasteiger partial charge in [0.15, 0.2) is 0 Å². The third-order valence-corrected chi connectivity index (χ3v) is 5.33. The monoisotopic (exact) mass is 463 g/mol. The van der Waals surface area contributed by atoms with E-state index in [2.05, 4.69) is 38.3 Å². The first-order valence-corrected chi connectivity index (χ1v) is 13.2. The van der Waals surface area contributed by atoms with Gasteiger partial charge in [0.1, 0.15) is 0 Å². The molecule has 0 saturated carbocycles. The Bertz CT molecular complexity index is 183. The highest BCUT2D eigenvalue weighted by Gasteiger charge is 1.91. The van der Waals surface area contributed by atoms with Crippen molar-refractivity contribution in [2.24, 2.45) is 0 Å². The van der Waals surface area contributed by atoms with E-state index in [1.165, 1.54) is 142 Å². The van der Waals surface area contributed by atoms with Gasteiger partial charge in [0, 0.05) is 0 Å². The summed E-state index contributed by atoms with van der Waals surface area (Å²) in [5.74, 6) is 0. The fourth-order valence-electron chi connectivity index (χ4n) is 3.31. The van der Waals surface area contributed by atoms with Crippen molar-refractivity contribution in [1.82, 2.24) is 10.6 Å². The Balaban J connectivity index is -0.0000000939. The first kappa shape index (κ1) is 45.4. The van der Waals surface area contributed by atoms with E-state index in [-0.39, 0.29) is 29.7 Å². The molecular formula is C30H74N2. The summed E-state index contributed by atoms with van der Waals surface area (Å²) in [4.78, 5) is 0. The maximum Gasteiger partial charge on any atom is -0.00489 e. The van der Waals surface area contributed by atoms with Crippen molar-refractivity contribution in [2.75, 3.05) is 26.2 Å². The maximum absolute atomic E-state index is 3.52. The number of nitrogens with one attached hydrogen (secondary N) is 2. The third kappa shape index (κ3) is 52.1. The molecule has 0 aliphatic carbocycles. The third-order valence-electron chi connectivity index (χ3n) is 5.33. The van der Waals surface area contributed by atoms with Crippen LogP contribution in [0.5, 0.6) is 0 Å². The summed E-state index contributed by atoms with van der Waals surface area (Å²) in [5.41, 5.74) is 0. The van der Waals surface area contributed by atoms with Crippen LogP contribution in [0.3, 0.4) is 0 Å². The largest absolute Gasteiger partial charge is 0.317 e. The van der Waals surface area contributed by atoms with Crippen LogP contribution < -0.4 is 10.6 Å². The van der Waals surface area contributed by atoms with Crippen molar-refractivity contribution in [2.45, 2.75) is 173 Å². The molecule has 0 bridgehead atoms. The number of rotatable bonds is 22. The van der Waals surface area contributed by atoms with Gasteiger partial charge in [-0.05, 0) is 51.9 Å². The molecule has 0 saturated heterocycles. The highest BCUT2D eigenvalue weighted by molar-refractivity contribution is 4.51. The quantitative estimate of drug-likeness (QED) is 0.156. The molecule has 0 unspecified atom stereocenters. The van der Waals surface area contributed by atoms with E-state index < -0.39 is 0 Å². The van der Waals surface area contributed by atoms with Crippen LogP contribution in [0.4, 0.5) is 0 Å². The second kappa shape index (κ2) is 48.4. The Hall–Kier alpha value is -0.0800. The molecule has 0 heterocycles. The number of hydrogen-bond donors (Lipinski definition) is 2. The number of hydrogen-bond acceptors (Lipinski definition) is 2. The normalized spacial score (nSPS) is 9.38. The zero-order valence-electron chi connectivity index (χ0n) is 20.6. The molecule has 0 aliphatic rings. The molecule has 0 amide bonds. The minimum atomic E-state index is 0. The summed E-state index contributed by atoms with van der Waals surface area (Å²) >= 11 is 0. The Kier molecular flexibility index (Phi) is 68.7. The highest BCUT2D eigenvalue weighted by Crippen LogP contribution is 2.02. The Morgan fingerprint density at radius 3 is 0.688 bits per heavy atom. The van der Waals surface area contributed by atoms with Crippen LogP contribution in [0.2, 0.25) is 0 Å². The van der Waals surface area contributed by atoms with Gasteiger partial charge in [-0.2, -0.15) is 0 Å². The van der Waals surface area contributed by atoms with Crippen LogP contribution in [-0.2, 0) is 0 Å². The second-order valence-corrected chi connectivity index (χ2v) is 8.45. The Morgan fingerprint density at radius 2 is 0.469 bits per heavy atom. The molecule has 0 fully saturated rings. The van der Waals surface area contributed by atoms with Crippen LogP contribution in [0.25, 0.3) is 0 Å². The molecule has 0 atom stereocenters. The zero-order chi connectivity index (χ0) is 21.0. The molecule has 0 aromatic rings. The average Bonchev–Trinajstić information content (AvgIpc) is 2.71. The highest BCUT2D eigenvalue weighted by atomic mass is 14.8. The smallest absolute Gasteiger partial charge is 0.00489 e. The van der Waals surface area contributed by atoms with Crippen molar-refractivity contribution in [3.63, 3.8) is 0 Å². The maximum atomic E-state index is 3.52. The van der Waals surface area contributed by atoms with Crippen molar-refractivity contribution < 1.29 is 0 Å². The summed E-state index contributed by atoms with van der Waals surface area (Å²) < 4.78 is 0. The van der Waals surface area contributed by atoms with Crippen LogP contribution in [-0.4, -0.2) is 26.2 Å². The van der Waals surface area contributed by atoms with E-state index in [1.807, 2.05) is 0 Å². The van der Waals surface area contributed by atoms with Crippen LogP contribution in [0, 0.1) is 0 Å². The fourth-order valence-corrected chi connectivity index (χ4v) is 3.31. The van der Waals surface area contributed by atoms with Crippen molar-refractivity contribution in [3.05, 3.63) is 0 Å². The van der Waals surface area contributed by atoms with Crippen LogP contribution >= 0.6 is 0 Å². The molecule has 2 nitrogen and oxygen atoms in total. The first-order chi connectivity index (χ1) is 13.8. The van der Waals surface area contributed by atoms with Crippen molar-refractivity contribution in [1.29, 1.82) is 0 Å². The lowest BCUT2D eigenvalue weighted by Crippen LogP contribution is -2.16. The molecule has 204 valence electrons. The van der Waals surface area contributed by atoms with E-state index in [9.17, 15) is 0 Å². The predicted molar refractivity (Wildman–Crippen MR) is 158 cm³/mol. The van der Waals surface area contributed by atoms with Crippen molar-refractivity contribution >= 4 is 0 Å². The Morgan fingerprint density at radius 1 is 0.281 bits per heavy atom. The summed E-state index contributed by atoms with van der Waals surface area (Å²) in [6, 6.07) is 0. The summed E-state index contributed by atoms with van der Waals surface area (Å²) in [7, 11) is 0. The average molecular weight is 463 g/mol. The van der Waals surface area contributed by atoms with Gasteiger partial charge in [-0.3, -0.25) is 0 Å². The zero-order valence-corrected chi connectivity index (χ0v) is 20.6. The SMILES string of the molecule is C.C.C.C.CCCCCCCNCCCCCC.CCCCCCCNCCCCCC. The number of unbranched alkanes of at least 4 members (excludes halogenated alkanes) is 14. The molecule has 0 aromatic carbocycles. The van der Waals surface area contributed by atoms with Gasteiger partial charge >= 0.3 is 0 Å². The van der Waals surface area contributed by atoms with Crippen LogP contribution in [0.15, 0.2) is 0 Å². The molecule has 2 heteroatoms. The molecule has 0 radical (unpaired) electrons.